The maximum Gasteiger partial charge on any atom is 0.122 e. The normalized spacial score (nSPS) is 36.0. The van der Waals surface area contributed by atoms with Gasteiger partial charge in [0.1, 0.15) is 5.75 Å². The number of aryl methyl sites for hydroxylation is 1. The second-order valence-corrected chi connectivity index (χ2v) is 8.88. The van der Waals surface area contributed by atoms with Crippen molar-refractivity contribution in [2.75, 3.05) is 7.11 Å². The summed E-state index contributed by atoms with van der Waals surface area (Å²) in [5, 5.41) is 21.5. The van der Waals surface area contributed by atoms with Crippen molar-refractivity contribution in [1.82, 2.24) is 0 Å². The zero-order chi connectivity index (χ0) is 17.9. The van der Waals surface area contributed by atoms with Crippen LogP contribution in [0.15, 0.2) is 12.1 Å². The first kappa shape index (κ1) is 17.8. The Bertz CT molecular complexity index is 631. The molecule has 2 N–H and O–H groups in total. The second-order valence-electron chi connectivity index (χ2n) is 8.88. The van der Waals surface area contributed by atoms with Crippen molar-refractivity contribution in [3.63, 3.8) is 0 Å². The van der Waals surface area contributed by atoms with E-state index in [1.807, 2.05) is 13.8 Å². The average Bonchev–Trinajstić information content (AvgIpc) is 2.70. The molecular formula is C21H32O3. The lowest BCUT2D eigenvalue weighted by Crippen LogP contribution is -2.45. The fourth-order valence-electron chi connectivity index (χ4n) is 5.75. The molecule has 134 valence electrons. The molecule has 2 aliphatic carbocycles. The van der Waals surface area contributed by atoms with E-state index in [0.29, 0.717) is 5.92 Å². The van der Waals surface area contributed by atoms with Gasteiger partial charge in [0.25, 0.3) is 0 Å². The zero-order valence-electron chi connectivity index (χ0n) is 15.9. The lowest BCUT2D eigenvalue weighted by molar-refractivity contribution is -0.0786. The molecule has 5 atom stereocenters. The second kappa shape index (κ2) is 5.74. The number of benzene rings is 1. The van der Waals surface area contributed by atoms with Crippen LogP contribution < -0.4 is 4.74 Å². The standard InChI is InChI=1S/C21H32O3/c1-12-7-8-21(5)16(11-17(22)19(21)20(3,4)23)15-9-13(2)18(24-6)10-14(12)15/h9-10,12,16-17,19,22-23H,7-8,11H2,1-6H3/t12-,16+,17-,19+,21+/m1/s1. The van der Waals surface area contributed by atoms with E-state index in [-0.39, 0.29) is 17.3 Å². The molecule has 3 heteroatoms. The number of aliphatic hydroxyl groups is 2. The van der Waals surface area contributed by atoms with E-state index in [0.717, 1.165) is 30.6 Å². The Morgan fingerprint density at radius 2 is 1.92 bits per heavy atom. The first-order valence-corrected chi connectivity index (χ1v) is 9.18. The van der Waals surface area contributed by atoms with E-state index in [4.69, 9.17) is 4.74 Å². The summed E-state index contributed by atoms with van der Waals surface area (Å²) in [5.41, 5.74) is 2.89. The smallest absolute Gasteiger partial charge is 0.122 e. The van der Waals surface area contributed by atoms with Crippen LogP contribution in [0.4, 0.5) is 0 Å². The molecule has 1 saturated carbocycles. The molecule has 1 aromatic rings. The molecule has 0 amide bonds. The summed E-state index contributed by atoms with van der Waals surface area (Å²) in [6, 6.07) is 4.46. The topological polar surface area (TPSA) is 49.7 Å². The largest absolute Gasteiger partial charge is 0.496 e. The van der Waals surface area contributed by atoms with E-state index < -0.39 is 11.7 Å². The van der Waals surface area contributed by atoms with Gasteiger partial charge >= 0.3 is 0 Å². The summed E-state index contributed by atoms with van der Waals surface area (Å²) in [7, 11) is 1.73. The van der Waals surface area contributed by atoms with Crippen molar-refractivity contribution in [3.05, 3.63) is 28.8 Å². The maximum absolute atomic E-state index is 10.8. The van der Waals surface area contributed by atoms with Gasteiger partial charge in [0.05, 0.1) is 18.8 Å². The van der Waals surface area contributed by atoms with Crippen LogP contribution in [-0.2, 0) is 0 Å². The van der Waals surface area contributed by atoms with Gasteiger partial charge in [0, 0.05) is 5.92 Å². The lowest BCUT2D eigenvalue weighted by Gasteiger charge is -2.43. The summed E-state index contributed by atoms with van der Waals surface area (Å²) in [6.45, 7) is 10.3. The van der Waals surface area contributed by atoms with Gasteiger partial charge < -0.3 is 14.9 Å². The Morgan fingerprint density at radius 1 is 1.25 bits per heavy atom. The van der Waals surface area contributed by atoms with Gasteiger partial charge in [0.15, 0.2) is 0 Å². The molecule has 0 bridgehead atoms. The average molecular weight is 332 g/mol. The monoisotopic (exact) mass is 332 g/mol. The van der Waals surface area contributed by atoms with Crippen LogP contribution in [0.25, 0.3) is 0 Å². The van der Waals surface area contributed by atoms with Crippen LogP contribution in [0.1, 0.15) is 75.5 Å². The van der Waals surface area contributed by atoms with Crippen molar-refractivity contribution in [1.29, 1.82) is 0 Å². The maximum atomic E-state index is 10.8. The highest BCUT2D eigenvalue weighted by Crippen LogP contribution is 2.62. The quantitative estimate of drug-likeness (QED) is 0.855. The van der Waals surface area contributed by atoms with Gasteiger partial charge in [-0.05, 0) is 80.0 Å². The van der Waals surface area contributed by atoms with E-state index >= 15 is 0 Å². The van der Waals surface area contributed by atoms with Gasteiger partial charge in [-0.25, -0.2) is 0 Å². The minimum Gasteiger partial charge on any atom is -0.496 e. The highest BCUT2D eigenvalue weighted by Gasteiger charge is 2.57. The molecule has 0 radical (unpaired) electrons. The molecular weight excluding hydrogens is 300 g/mol. The van der Waals surface area contributed by atoms with Gasteiger partial charge in [-0.2, -0.15) is 0 Å². The van der Waals surface area contributed by atoms with Crippen molar-refractivity contribution < 1.29 is 14.9 Å². The van der Waals surface area contributed by atoms with Gasteiger partial charge in [-0.1, -0.05) is 19.9 Å². The van der Waals surface area contributed by atoms with E-state index in [1.54, 1.807) is 7.11 Å². The molecule has 24 heavy (non-hydrogen) atoms. The van der Waals surface area contributed by atoms with Gasteiger partial charge in [0.2, 0.25) is 0 Å². The third-order valence-electron chi connectivity index (χ3n) is 6.75. The van der Waals surface area contributed by atoms with Crippen LogP contribution in [-0.4, -0.2) is 29.0 Å². The van der Waals surface area contributed by atoms with Crippen molar-refractivity contribution in [2.45, 2.75) is 77.4 Å². The molecule has 3 rings (SSSR count). The van der Waals surface area contributed by atoms with E-state index in [9.17, 15) is 10.2 Å². The molecule has 2 aliphatic rings. The van der Waals surface area contributed by atoms with E-state index in [2.05, 4.69) is 32.9 Å². The van der Waals surface area contributed by atoms with Crippen molar-refractivity contribution in [2.24, 2.45) is 11.3 Å². The number of aliphatic hydroxyl groups excluding tert-OH is 1. The lowest BCUT2D eigenvalue weighted by atomic mass is 9.64. The molecule has 0 heterocycles. The van der Waals surface area contributed by atoms with Crippen LogP contribution in [0.2, 0.25) is 0 Å². The molecule has 0 aromatic heterocycles. The summed E-state index contributed by atoms with van der Waals surface area (Å²) >= 11 is 0. The predicted molar refractivity (Wildman–Crippen MR) is 96.6 cm³/mol. The number of hydrogen-bond donors (Lipinski definition) is 2. The number of fused-ring (bicyclic) bond motifs is 3. The van der Waals surface area contributed by atoms with Crippen LogP contribution >= 0.6 is 0 Å². The minimum atomic E-state index is -0.877. The Morgan fingerprint density at radius 3 is 2.50 bits per heavy atom. The Labute approximate surface area is 146 Å². The molecule has 0 spiro atoms. The first-order chi connectivity index (χ1) is 11.1. The number of methoxy groups -OCH3 is 1. The summed E-state index contributed by atoms with van der Waals surface area (Å²) in [5.74, 6) is 1.60. The number of rotatable bonds is 2. The van der Waals surface area contributed by atoms with Gasteiger partial charge in [-0.3, -0.25) is 0 Å². The van der Waals surface area contributed by atoms with Gasteiger partial charge in [-0.15, -0.1) is 0 Å². The third kappa shape index (κ3) is 2.57. The van der Waals surface area contributed by atoms with Crippen LogP contribution in [0.3, 0.4) is 0 Å². The SMILES string of the molecule is COc1cc2c(cc1C)[C@@H]1C[C@@H](O)[C@@H](C(C)(C)O)[C@@]1(C)CC[C@H]2C. The molecule has 0 unspecified atom stereocenters. The third-order valence-corrected chi connectivity index (χ3v) is 6.75. The molecule has 1 aromatic carbocycles. The fraction of sp³-hybridized carbons (Fsp3) is 0.714. The number of hydrogen-bond acceptors (Lipinski definition) is 3. The first-order valence-electron chi connectivity index (χ1n) is 9.18. The highest BCUT2D eigenvalue weighted by molar-refractivity contribution is 5.47. The van der Waals surface area contributed by atoms with Crippen LogP contribution in [0.5, 0.6) is 5.75 Å². The number of ether oxygens (including phenoxy) is 1. The Kier molecular flexibility index (Phi) is 4.25. The van der Waals surface area contributed by atoms with Crippen molar-refractivity contribution in [3.8, 4) is 5.75 Å². The molecule has 0 aliphatic heterocycles. The van der Waals surface area contributed by atoms with Crippen molar-refractivity contribution >= 4 is 0 Å². The predicted octanol–water partition coefficient (Wildman–Crippen LogP) is 4.14. The molecule has 0 saturated heterocycles. The minimum absolute atomic E-state index is 0.0851. The Hall–Kier alpha value is -1.06. The summed E-state index contributed by atoms with van der Waals surface area (Å²) in [4.78, 5) is 0. The fourth-order valence-corrected chi connectivity index (χ4v) is 5.75. The zero-order valence-corrected chi connectivity index (χ0v) is 15.9. The van der Waals surface area contributed by atoms with Crippen LogP contribution in [0, 0.1) is 18.3 Å². The summed E-state index contributed by atoms with van der Waals surface area (Å²) in [6.07, 6.45) is 2.38. The Balaban J connectivity index is 2.16. The highest BCUT2D eigenvalue weighted by atomic mass is 16.5. The van der Waals surface area contributed by atoms with E-state index in [1.165, 1.54) is 11.1 Å². The summed E-state index contributed by atoms with van der Waals surface area (Å²) < 4.78 is 5.54. The molecule has 1 fully saturated rings. The molecule has 3 nitrogen and oxygen atoms in total.